The summed E-state index contributed by atoms with van der Waals surface area (Å²) in [5.41, 5.74) is 2.34. The molecule has 8 heteroatoms. The number of nitrogens with zero attached hydrogens (tertiary/aromatic N) is 3. The van der Waals surface area contributed by atoms with E-state index in [-0.39, 0.29) is 17.3 Å². The van der Waals surface area contributed by atoms with Crippen LogP contribution in [0.1, 0.15) is 12.5 Å². The Labute approximate surface area is 174 Å². The smallest absolute Gasteiger partial charge is 0.242 e. The van der Waals surface area contributed by atoms with Crippen molar-refractivity contribution in [2.24, 2.45) is 0 Å². The summed E-state index contributed by atoms with van der Waals surface area (Å²) in [5.74, 6) is -0.190. The van der Waals surface area contributed by atoms with Gasteiger partial charge in [-0.05, 0) is 30.3 Å². The van der Waals surface area contributed by atoms with Crippen LogP contribution in [-0.4, -0.2) is 64.8 Å². The standard InChI is InChI=1S/C21H30N4O3S/c1-6-25(15-17-10-8-7-9-11-17)16-21(26)22-19-14-18(29(27,28)24(4)5)12-13-20(19)23(2)3/h7-14H,6,15-16H2,1-5H3,(H,22,26). The number of sulfonamides is 1. The van der Waals surface area contributed by atoms with Crippen LogP contribution in [0.4, 0.5) is 11.4 Å². The molecule has 0 aliphatic rings. The summed E-state index contributed by atoms with van der Waals surface area (Å²) >= 11 is 0. The molecule has 1 N–H and O–H groups in total. The molecule has 2 aromatic carbocycles. The molecule has 2 rings (SSSR count). The summed E-state index contributed by atoms with van der Waals surface area (Å²) in [6, 6.07) is 14.7. The lowest BCUT2D eigenvalue weighted by molar-refractivity contribution is -0.117. The second-order valence-electron chi connectivity index (χ2n) is 7.20. The minimum Gasteiger partial charge on any atom is -0.376 e. The number of rotatable bonds is 9. The molecular weight excluding hydrogens is 388 g/mol. The highest BCUT2D eigenvalue weighted by Crippen LogP contribution is 2.28. The van der Waals surface area contributed by atoms with Crippen molar-refractivity contribution in [3.8, 4) is 0 Å². The van der Waals surface area contributed by atoms with Crippen LogP contribution in [0.25, 0.3) is 0 Å². The molecule has 2 aromatic rings. The highest BCUT2D eigenvalue weighted by atomic mass is 32.2. The van der Waals surface area contributed by atoms with E-state index in [2.05, 4.69) is 5.32 Å². The lowest BCUT2D eigenvalue weighted by Gasteiger charge is -2.23. The van der Waals surface area contributed by atoms with Crippen LogP contribution in [-0.2, 0) is 21.4 Å². The third kappa shape index (κ3) is 6.03. The third-order valence-electron chi connectivity index (χ3n) is 4.57. The molecule has 0 atom stereocenters. The molecule has 0 heterocycles. The van der Waals surface area contributed by atoms with Crippen LogP contribution in [0.2, 0.25) is 0 Å². The van der Waals surface area contributed by atoms with E-state index in [9.17, 15) is 13.2 Å². The number of hydrogen-bond donors (Lipinski definition) is 1. The monoisotopic (exact) mass is 418 g/mol. The Morgan fingerprint density at radius 3 is 2.21 bits per heavy atom. The molecule has 0 aromatic heterocycles. The number of anilines is 2. The molecule has 0 bridgehead atoms. The number of nitrogens with one attached hydrogen (secondary N) is 1. The fourth-order valence-electron chi connectivity index (χ4n) is 2.89. The van der Waals surface area contributed by atoms with Gasteiger partial charge in [-0.1, -0.05) is 37.3 Å². The van der Waals surface area contributed by atoms with E-state index in [1.807, 2.05) is 61.2 Å². The van der Waals surface area contributed by atoms with E-state index >= 15 is 0 Å². The quantitative estimate of drug-likeness (QED) is 0.677. The first-order valence-electron chi connectivity index (χ1n) is 9.45. The van der Waals surface area contributed by atoms with Crippen molar-refractivity contribution in [3.63, 3.8) is 0 Å². The molecule has 0 fully saturated rings. The van der Waals surface area contributed by atoms with E-state index in [0.717, 1.165) is 22.1 Å². The molecule has 0 spiro atoms. The minimum atomic E-state index is -3.59. The van der Waals surface area contributed by atoms with Crippen molar-refractivity contribution in [2.45, 2.75) is 18.4 Å². The summed E-state index contributed by atoms with van der Waals surface area (Å²) in [4.78, 5) is 16.7. The summed E-state index contributed by atoms with van der Waals surface area (Å²) < 4.78 is 26.1. The van der Waals surface area contributed by atoms with Crippen molar-refractivity contribution in [1.82, 2.24) is 9.21 Å². The zero-order valence-corrected chi connectivity index (χ0v) is 18.5. The number of likely N-dealkylation sites (N-methyl/N-ethyl adjacent to an activating group) is 1. The maximum Gasteiger partial charge on any atom is 0.242 e. The SMILES string of the molecule is CCN(CC(=O)Nc1cc(S(=O)(=O)N(C)C)ccc1N(C)C)Cc1ccccc1. The molecule has 0 aliphatic carbocycles. The number of hydrogen-bond acceptors (Lipinski definition) is 5. The first-order chi connectivity index (χ1) is 13.6. The van der Waals surface area contributed by atoms with E-state index in [0.29, 0.717) is 12.2 Å². The second-order valence-corrected chi connectivity index (χ2v) is 9.35. The van der Waals surface area contributed by atoms with Gasteiger partial charge < -0.3 is 10.2 Å². The Morgan fingerprint density at radius 2 is 1.66 bits per heavy atom. The van der Waals surface area contributed by atoms with Crippen LogP contribution in [0.3, 0.4) is 0 Å². The first-order valence-corrected chi connectivity index (χ1v) is 10.9. The largest absolute Gasteiger partial charge is 0.376 e. The summed E-state index contributed by atoms with van der Waals surface area (Å²) in [6.45, 7) is 3.60. The van der Waals surface area contributed by atoms with E-state index in [4.69, 9.17) is 0 Å². The van der Waals surface area contributed by atoms with Crippen molar-refractivity contribution in [2.75, 3.05) is 51.5 Å². The second kappa shape index (κ2) is 9.87. The molecule has 0 radical (unpaired) electrons. The molecule has 7 nitrogen and oxygen atoms in total. The van der Waals surface area contributed by atoms with E-state index < -0.39 is 10.0 Å². The molecule has 0 unspecified atom stereocenters. The maximum atomic E-state index is 12.7. The molecule has 29 heavy (non-hydrogen) atoms. The average Bonchev–Trinajstić information content (AvgIpc) is 2.67. The van der Waals surface area contributed by atoms with Gasteiger partial charge in [-0.15, -0.1) is 0 Å². The summed E-state index contributed by atoms with van der Waals surface area (Å²) in [7, 11) is 3.06. The number of carbonyl (C=O) groups excluding carboxylic acids is 1. The molecule has 158 valence electrons. The molecular formula is C21H30N4O3S. The Kier molecular flexibility index (Phi) is 7.78. The van der Waals surface area contributed by atoms with Gasteiger partial charge in [-0.3, -0.25) is 9.69 Å². The van der Waals surface area contributed by atoms with Gasteiger partial charge in [0.25, 0.3) is 0 Å². The third-order valence-corrected chi connectivity index (χ3v) is 6.38. The Bertz CT molecular complexity index is 928. The summed E-state index contributed by atoms with van der Waals surface area (Å²) in [6.07, 6.45) is 0. The van der Waals surface area contributed by atoms with Gasteiger partial charge in [0.1, 0.15) is 0 Å². The fourth-order valence-corrected chi connectivity index (χ4v) is 3.82. The first kappa shape index (κ1) is 22.9. The Hall–Kier alpha value is -2.42. The Balaban J connectivity index is 2.21. The number of amides is 1. The van der Waals surface area contributed by atoms with Gasteiger partial charge in [0.2, 0.25) is 15.9 Å². The molecule has 1 amide bonds. The molecule has 0 saturated carbocycles. The van der Waals surface area contributed by atoms with E-state index in [1.165, 1.54) is 20.2 Å². The van der Waals surface area contributed by atoms with Crippen LogP contribution in [0.5, 0.6) is 0 Å². The van der Waals surface area contributed by atoms with Crippen LogP contribution in [0, 0.1) is 0 Å². The zero-order chi connectivity index (χ0) is 21.6. The van der Waals surface area contributed by atoms with Crippen molar-refractivity contribution in [3.05, 3.63) is 54.1 Å². The molecule has 0 saturated heterocycles. The minimum absolute atomic E-state index is 0.139. The van der Waals surface area contributed by atoms with Crippen molar-refractivity contribution in [1.29, 1.82) is 0 Å². The van der Waals surface area contributed by atoms with Crippen molar-refractivity contribution >= 4 is 27.3 Å². The highest BCUT2D eigenvalue weighted by Gasteiger charge is 2.20. The number of carbonyl (C=O) groups is 1. The van der Waals surface area contributed by atoms with Gasteiger partial charge >= 0.3 is 0 Å². The zero-order valence-electron chi connectivity index (χ0n) is 17.7. The normalized spacial score (nSPS) is 11.7. The highest BCUT2D eigenvalue weighted by molar-refractivity contribution is 7.89. The van der Waals surface area contributed by atoms with Gasteiger partial charge in [-0.25, -0.2) is 12.7 Å². The predicted octanol–water partition coefficient (Wildman–Crippen LogP) is 2.46. The topological polar surface area (TPSA) is 73.0 Å². The van der Waals surface area contributed by atoms with Gasteiger partial charge in [0, 0.05) is 34.7 Å². The van der Waals surface area contributed by atoms with Gasteiger partial charge in [-0.2, -0.15) is 0 Å². The summed E-state index contributed by atoms with van der Waals surface area (Å²) in [5, 5.41) is 2.89. The predicted molar refractivity (Wildman–Crippen MR) is 118 cm³/mol. The number of benzene rings is 2. The fraction of sp³-hybridized carbons (Fsp3) is 0.381. The molecule has 0 aliphatic heterocycles. The van der Waals surface area contributed by atoms with Gasteiger partial charge in [0.15, 0.2) is 0 Å². The van der Waals surface area contributed by atoms with Gasteiger partial charge in [0.05, 0.1) is 22.8 Å². The maximum absolute atomic E-state index is 12.7. The van der Waals surface area contributed by atoms with Crippen LogP contribution >= 0.6 is 0 Å². The van der Waals surface area contributed by atoms with Crippen molar-refractivity contribution < 1.29 is 13.2 Å². The lowest BCUT2D eigenvalue weighted by atomic mass is 10.2. The average molecular weight is 419 g/mol. The Morgan fingerprint density at radius 1 is 1.00 bits per heavy atom. The lowest BCUT2D eigenvalue weighted by Crippen LogP contribution is -2.33. The van der Waals surface area contributed by atoms with Crippen LogP contribution < -0.4 is 10.2 Å². The van der Waals surface area contributed by atoms with Crippen LogP contribution in [0.15, 0.2) is 53.4 Å². The van der Waals surface area contributed by atoms with E-state index in [1.54, 1.807) is 12.1 Å².